The van der Waals surface area contributed by atoms with E-state index in [0.29, 0.717) is 5.82 Å². The van der Waals surface area contributed by atoms with Gasteiger partial charge in [0.2, 0.25) is 5.82 Å². The van der Waals surface area contributed by atoms with Crippen molar-refractivity contribution in [3.63, 3.8) is 0 Å². The standard InChI is InChI=1S/C11H15BrN4Si/c1-17(2,3)8-16-14-11(13-15-16)9-4-6-10(12)7-5-9/h4-7H,8H2,1-3H3. The lowest BCUT2D eigenvalue weighted by atomic mass is 10.2. The zero-order valence-electron chi connectivity index (χ0n) is 10.2. The molecule has 90 valence electrons. The van der Waals surface area contributed by atoms with Crippen LogP contribution in [0.15, 0.2) is 28.7 Å². The van der Waals surface area contributed by atoms with E-state index in [4.69, 9.17) is 0 Å². The van der Waals surface area contributed by atoms with Crippen LogP contribution >= 0.6 is 15.9 Å². The first-order valence-electron chi connectivity index (χ1n) is 5.48. The first kappa shape index (κ1) is 12.4. The molecule has 17 heavy (non-hydrogen) atoms. The Kier molecular flexibility index (Phi) is 3.44. The van der Waals surface area contributed by atoms with Crippen molar-refractivity contribution >= 4 is 24.0 Å². The molecular weight excluding hydrogens is 296 g/mol. The molecule has 0 bridgehead atoms. The quantitative estimate of drug-likeness (QED) is 0.819. The van der Waals surface area contributed by atoms with Crippen molar-refractivity contribution in [2.24, 2.45) is 0 Å². The average Bonchev–Trinajstić information content (AvgIpc) is 2.64. The average molecular weight is 311 g/mol. The van der Waals surface area contributed by atoms with Crippen molar-refractivity contribution < 1.29 is 0 Å². The minimum Gasteiger partial charge on any atom is -0.167 e. The molecule has 1 aromatic heterocycles. The second-order valence-electron chi connectivity index (χ2n) is 5.21. The number of aromatic nitrogens is 4. The predicted molar refractivity (Wildman–Crippen MR) is 74.3 cm³/mol. The van der Waals surface area contributed by atoms with Crippen LogP contribution in [0.2, 0.25) is 19.6 Å². The van der Waals surface area contributed by atoms with Crippen LogP contribution in [0.3, 0.4) is 0 Å². The molecular formula is C11H15BrN4Si. The predicted octanol–water partition coefficient (Wildman–Crippen LogP) is 2.98. The van der Waals surface area contributed by atoms with Crippen LogP contribution < -0.4 is 0 Å². The molecule has 4 nitrogen and oxygen atoms in total. The van der Waals surface area contributed by atoms with Crippen molar-refractivity contribution in [3.05, 3.63) is 28.7 Å². The fraction of sp³-hybridized carbons (Fsp3) is 0.364. The topological polar surface area (TPSA) is 43.6 Å². The summed E-state index contributed by atoms with van der Waals surface area (Å²) in [6, 6.07) is 7.93. The Morgan fingerprint density at radius 2 is 1.82 bits per heavy atom. The minimum atomic E-state index is -1.20. The molecule has 0 saturated carbocycles. The Bertz CT molecular complexity index is 501. The van der Waals surface area contributed by atoms with E-state index < -0.39 is 8.07 Å². The maximum Gasteiger partial charge on any atom is 0.204 e. The number of nitrogens with zero attached hydrogens (tertiary/aromatic N) is 4. The molecule has 0 amide bonds. The summed E-state index contributed by atoms with van der Waals surface area (Å²) in [5, 5.41) is 12.6. The van der Waals surface area contributed by atoms with Gasteiger partial charge in [-0.3, -0.25) is 0 Å². The van der Waals surface area contributed by atoms with Gasteiger partial charge in [-0.2, -0.15) is 4.80 Å². The molecule has 0 N–H and O–H groups in total. The Morgan fingerprint density at radius 1 is 1.18 bits per heavy atom. The van der Waals surface area contributed by atoms with E-state index in [2.05, 4.69) is 51.0 Å². The summed E-state index contributed by atoms with van der Waals surface area (Å²) in [5.41, 5.74) is 0.995. The van der Waals surface area contributed by atoms with Gasteiger partial charge in [0.15, 0.2) is 0 Å². The molecule has 0 fully saturated rings. The summed E-state index contributed by atoms with van der Waals surface area (Å²) >= 11 is 3.41. The van der Waals surface area contributed by atoms with E-state index in [0.717, 1.165) is 16.2 Å². The highest BCUT2D eigenvalue weighted by atomic mass is 79.9. The summed E-state index contributed by atoms with van der Waals surface area (Å²) in [6.07, 6.45) is 0.899. The van der Waals surface area contributed by atoms with Gasteiger partial charge in [0.25, 0.3) is 0 Å². The van der Waals surface area contributed by atoms with Crippen molar-refractivity contribution in [2.45, 2.75) is 25.8 Å². The normalized spacial score (nSPS) is 11.8. The van der Waals surface area contributed by atoms with E-state index in [-0.39, 0.29) is 0 Å². The van der Waals surface area contributed by atoms with Gasteiger partial charge < -0.3 is 0 Å². The lowest BCUT2D eigenvalue weighted by Gasteiger charge is -2.12. The van der Waals surface area contributed by atoms with Gasteiger partial charge in [-0.25, -0.2) is 0 Å². The van der Waals surface area contributed by atoms with Gasteiger partial charge >= 0.3 is 0 Å². The first-order valence-corrected chi connectivity index (χ1v) is 9.98. The van der Waals surface area contributed by atoms with Crippen LogP contribution in [0.1, 0.15) is 0 Å². The fourth-order valence-corrected chi connectivity index (χ4v) is 2.70. The van der Waals surface area contributed by atoms with E-state index in [1.807, 2.05) is 24.3 Å². The molecule has 0 atom stereocenters. The smallest absolute Gasteiger partial charge is 0.167 e. The molecule has 1 aromatic carbocycles. The number of benzene rings is 1. The molecule has 0 radical (unpaired) electrons. The number of rotatable bonds is 3. The van der Waals surface area contributed by atoms with Gasteiger partial charge in [0.1, 0.15) is 0 Å². The Morgan fingerprint density at radius 3 is 2.41 bits per heavy atom. The molecule has 6 heteroatoms. The molecule has 0 spiro atoms. The Labute approximate surface area is 110 Å². The van der Waals surface area contributed by atoms with Gasteiger partial charge in [-0.15, -0.1) is 10.2 Å². The highest BCUT2D eigenvalue weighted by Crippen LogP contribution is 2.17. The van der Waals surface area contributed by atoms with Crippen molar-refractivity contribution in [2.75, 3.05) is 0 Å². The van der Waals surface area contributed by atoms with Crippen molar-refractivity contribution in [3.8, 4) is 11.4 Å². The maximum atomic E-state index is 4.41. The molecule has 2 aromatic rings. The first-order chi connectivity index (χ1) is 7.94. The van der Waals surface area contributed by atoms with Gasteiger partial charge in [-0.05, 0) is 29.5 Å². The number of tetrazole rings is 1. The van der Waals surface area contributed by atoms with E-state index in [1.54, 1.807) is 4.80 Å². The largest absolute Gasteiger partial charge is 0.204 e. The van der Waals surface area contributed by atoms with Gasteiger partial charge in [-0.1, -0.05) is 35.6 Å². The number of hydrogen-bond donors (Lipinski definition) is 0. The number of halogens is 1. The van der Waals surface area contributed by atoms with Gasteiger partial charge in [0, 0.05) is 10.0 Å². The summed E-state index contributed by atoms with van der Waals surface area (Å²) in [5.74, 6) is 0.691. The highest BCUT2D eigenvalue weighted by Gasteiger charge is 2.16. The third-order valence-corrected chi connectivity index (χ3v) is 3.93. The van der Waals surface area contributed by atoms with Crippen LogP contribution in [0.25, 0.3) is 11.4 Å². The molecule has 1 heterocycles. The van der Waals surface area contributed by atoms with E-state index in [1.165, 1.54) is 0 Å². The van der Waals surface area contributed by atoms with Crippen LogP contribution in [0, 0.1) is 0 Å². The third-order valence-electron chi connectivity index (χ3n) is 2.17. The molecule has 0 saturated heterocycles. The lowest BCUT2D eigenvalue weighted by Crippen LogP contribution is -2.29. The van der Waals surface area contributed by atoms with Crippen LogP contribution in [-0.4, -0.2) is 28.3 Å². The maximum absolute atomic E-state index is 4.41. The van der Waals surface area contributed by atoms with Crippen LogP contribution in [0.4, 0.5) is 0 Å². The lowest BCUT2D eigenvalue weighted by molar-refractivity contribution is 0.600. The molecule has 0 aliphatic carbocycles. The van der Waals surface area contributed by atoms with E-state index >= 15 is 0 Å². The minimum absolute atomic E-state index is 0.691. The monoisotopic (exact) mass is 310 g/mol. The van der Waals surface area contributed by atoms with Crippen molar-refractivity contribution in [1.29, 1.82) is 0 Å². The molecule has 0 aliphatic rings. The zero-order valence-corrected chi connectivity index (χ0v) is 12.8. The summed E-state index contributed by atoms with van der Waals surface area (Å²) in [4.78, 5) is 1.71. The molecule has 0 unspecified atom stereocenters. The van der Waals surface area contributed by atoms with Crippen LogP contribution in [0.5, 0.6) is 0 Å². The second-order valence-corrected chi connectivity index (χ2v) is 11.6. The van der Waals surface area contributed by atoms with Crippen molar-refractivity contribution in [1.82, 2.24) is 20.2 Å². The van der Waals surface area contributed by atoms with Crippen LogP contribution in [-0.2, 0) is 6.17 Å². The molecule has 2 rings (SSSR count). The number of hydrogen-bond acceptors (Lipinski definition) is 3. The van der Waals surface area contributed by atoms with E-state index in [9.17, 15) is 0 Å². The Balaban J connectivity index is 2.21. The third kappa shape index (κ3) is 3.47. The highest BCUT2D eigenvalue weighted by molar-refractivity contribution is 9.10. The molecule has 0 aliphatic heterocycles. The van der Waals surface area contributed by atoms with Gasteiger partial charge in [0.05, 0.1) is 14.2 Å². The summed E-state index contributed by atoms with van der Waals surface area (Å²) in [6.45, 7) is 6.86. The summed E-state index contributed by atoms with van der Waals surface area (Å²) in [7, 11) is -1.20. The fourth-order valence-electron chi connectivity index (χ4n) is 1.45. The Hall–Kier alpha value is -1.01. The second kappa shape index (κ2) is 4.70. The summed E-state index contributed by atoms with van der Waals surface area (Å²) < 4.78 is 1.05. The zero-order chi connectivity index (χ0) is 12.5. The SMILES string of the molecule is C[Si](C)(C)Cn1nnc(-c2ccc(Br)cc2)n1.